The molecule has 0 fully saturated rings. The number of rotatable bonds is 7. The van der Waals surface area contributed by atoms with E-state index in [1.165, 1.54) is 23.5 Å². The van der Waals surface area contributed by atoms with Crippen LogP contribution in [0.1, 0.15) is 21.6 Å². The van der Waals surface area contributed by atoms with Crippen LogP contribution in [0.3, 0.4) is 0 Å². The van der Waals surface area contributed by atoms with Gasteiger partial charge in [0.05, 0.1) is 17.7 Å². The van der Waals surface area contributed by atoms with Gasteiger partial charge in [0.2, 0.25) is 5.91 Å². The number of nitrogens with zero attached hydrogens (tertiary/aromatic N) is 1. The van der Waals surface area contributed by atoms with Gasteiger partial charge in [-0.05, 0) is 29.8 Å². The highest BCUT2D eigenvalue weighted by Gasteiger charge is 2.14. The van der Waals surface area contributed by atoms with E-state index in [-0.39, 0.29) is 24.8 Å². The fourth-order valence-electron chi connectivity index (χ4n) is 2.31. The van der Waals surface area contributed by atoms with Crippen LogP contribution in [-0.2, 0) is 17.8 Å². The van der Waals surface area contributed by atoms with E-state index >= 15 is 0 Å². The Labute approximate surface area is 158 Å². The molecule has 2 amide bonds. The quantitative estimate of drug-likeness (QED) is 0.653. The SMILES string of the molecule is NC(=O)Cc1csc(NC(=O)c2ccccc2OCc2ccc(F)cc2)n1. The van der Waals surface area contributed by atoms with Crippen molar-refractivity contribution in [3.8, 4) is 5.75 Å². The first kappa shape index (κ1) is 18.5. The van der Waals surface area contributed by atoms with Crippen LogP contribution in [0.15, 0.2) is 53.9 Å². The summed E-state index contributed by atoms with van der Waals surface area (Å²) in [7, 11) is 0. The summed E-state index contributed by atoms with van der Waals surface area (Å²) >= 11 is 1.20. The van der Waals surface area contributed by atoms with Gasteiger partial charge in [-0.1, -0.05) is 24.3 Å². The zero-order valence-electron chi connectivity index (χ0n) is 14.1. The van der Waals surface area contributed by atoms with Crippen molar-refractivity contribution in [1.82, 2.24) is 4.98 Å². The Balaban J connectivity index is 1.68. The summed E-state index contributed by atoms with van der Waals surface area (Å²) in [5, 5.41) is 4.71. The molecule has 1 aromatic heterocycles. The lowest BCUT2D eigenvalue weighted by Crippen LogP contribution is -2.15. The number of halogens is 1. The predicted molar refractivity (Wildman–Crippen MR) is 100 cm³/mol. The van der Waals surface area contributed by atoms with Crippen LogP contribution in [0.25, 0.3) is 0 Å². The molecule has 3 rings (SSSR count). The van der Waals surface area contributed by atoms with E-state index in [1.54, 1.807) is 41.8 Å². The van der Waals surface area contributed by atoms with Crippen molar-refractivity contribution >= 4 is 28.3 Å². The van der Waals surface area contributed by atoms with Gasteiger partial charge in [-0.2, -0.15) is 0 Å². The van der Waals surface area contributed by atoms with Crippen molar-refractivity contribution in [2.24, 2.45) is 5.73 Å². The number of ether oxygens (including phenoxy) is 1. The number of thiazole rings is 1. The van der Waals surface area contributed by atoms with Crippen molar-refractivity contribution in [3.05, 3.63) is 76.5 Å². The van der Waals surface area contributed by atoms with E-state index in [1.807, 2.05) is 0 Å². The summed E-state index contributed by atoms with van der Waals surface area (Å²) in [6.45, 7) is 0.199. The highest BCUT2D eigenvalue weighted by molar-refractivity contribution is 7.14. The topological polar surface area (TPSA) is 94.3 Å². The summed E-state index contributed by atoms with van der Waals surface area (Å²) in [4.78, 5) is 27.6. The van der Waals surface area contributed by atoms with Crippen LogP contribution < -0.4 is 15.8 Å². The number of nitrogens with two attached hydrogens (primary N) is 1. The molecule has 0 saturated carbocycles. The van der Waals surface area contributed by atoms with Crippen molar-refractivity contribution in [1.29, 1.82) is 0 Å². The number of para-hydroxylation sites is 1. The monoisotopic (exact) mass is 385 g/mol. The van der Waals surface area contributed by atoms with Gasteiger partial charge in [0.1, 0.15) is 18.2 Å². The molecule has 0 bridgehead atoms. The van der Waals surface area contributed by atoms with Gasteiger partial charge in [0, 0.05) is 5.38 Å². The standard InChI is InChI=1S/C19H16FN3O3S/c20-13-7-5-12(6-8-13)10-26-16-4-2-1-3-15(16)18(25)23-19-22-14(11-27-19)9-17(21)24/h1-8,11H,9-10H2,(H2,21,24)(H,22,23,25). The zero-order valence-corrected chi connectivity index (χ0v) is 15.0. The second kappa shape index (κ2) is 8.41. The van der Waals surface area contributed by atoms with Crippen LogP contribution in [0.5, 0.6) is 5.75 Å². The number of carbonyl (C=O) groups excluding carboxylic acids is 2. The number of aromatic nitrogens is 1. The summed E-state index contributed by atoms with van der Waals surface area (Å²) < 4.78 is 18.7. The van der Waals surface area contributed by atoms with E-state index in [2.05, 4.69) is 10.3 Å². The fraction of sp³-hybridized carbons (Fsp3) is 0.105. The first-order valence-corrected chi connectivity index (χ1v) is 8.89. The average molecular weight is 385 g/mol. The number of nitrogens with one attached hydrogen (secondary N) is 1. The number of hydrogen-bond acceptors (Lipinski definition) is 5. The first-order chi connectivity index (χ1) is 13.0. The molecule has 0 aliphatic rings. The minimum absolute atomic E-state index is 0.0176. The number of primary amides is 1. The van der Waals surface area contributed by atoms with E-state index in [0.29, 0.717) is 22.1 Å². The molecule has 3 aromatic rings. The Morgan fingerprint density at radius 3 is 2.63 bits per heavy atom. The third-order valence-electron chi connectivity index (χ3n) is 3.57. The Bertz CT molecular complexity index is 957. The second-order valence-electron chi connectivity index (χ2n) is 5.65. The van der Waals surface area contributed by atoms with Gasteiger partial charge in [-0.25, -0.2) is 9.37 Å². The maximum absolute atomic E-state index is 13.0. The molecule has 0 spiro atoms. The highest BCUT2D eigenvalue weighted by atomic mass is 32.1. The van der Waals surface area contributed by atoms with Crippen molar-refractivity contribution in [2.45, 2.75) is 13.0 Å². The van der Waals surface area contributed by atoms with E-state index in [4.69, 9.17) is 10.5 Å². The van der Waals surface area contributed by atoms with E-state index in [9.17, 15) is 14.0 Å². The molecule has 2 aromatic carbocycles. The lowest BCUT2D eigenvalue weighted by Gasteiger charge is -2.11. The minimum Gasteiger partial charge on any atom is -0.488 e. The molecule has 138 valence electrons. The Hall–Kier alpha value is -3.26. The number of anilines is 1. The number of hydrogen-bond donors (Lipinski definition) is 2. The molecule has 1 heterocycles. The molecule has 27 heavy (non-hydrogen) atoms. The van der Waals surface area contributed by atoms with Crippen LogP contribution in [0.2, 0.25) is 0 Å². The number of amides is 2. The molecule has 0 unspecified atom stereocenters. The van der Waals surface area contributed by atoms with Gasteiger partial charge in [-0.15, -0.1) is 11.3 Å². The van der Waals surface area contributed by atoms with Crippen LogP contribution in [0.4, 0.5) is 9.52 Å². The third kappa shape index (κ3) is 5.11. The molecule has 0 atom stereocenters. The normalized spacial score (nSPS) is 10.4. The van der Waals surface area contributed by atoms with Gasteiger partial charge < -0.3 is 10.5 Å². The lowest BCUT2D eigenvalue weighted by molar-refractivity contribution is -0.117. The van der Waals surface area contributed by atoms with Crippen molar-refractivity contribution < 1.29 is 18.7 Å². The smallest absolute Gasteiger partial charge is 0.261 e. The molecule has 0 saturated heterocycles. The summed E-state index contributed by atoms with van der Waals surface area (Å²) in [6.07, 6.45) is 0.0176. The summed E-state index contributed by atoms with van der Waals surface area (Å²) in [5.74, 6) is -0.798. The lowest BCUT2D eigenvalue weighted by atomic mass is 10.2. The average Bonchev–Trinajstić information content (AvgIpc) is 3.07. The van der Waals surface area contributed by atoms with Gasteiger partial charge >= 0.3 is 0 Å². The van der Waals surface area contributed by atoms with Crippen molar-refractivity contribution in [2.75, 3.05) is 5.32 Å². The minimum atomic E-state index is -0.488. The van der Waals surface area contributed by atoms with Crippen molar-refractivity contribution in [3.63, 3.8) is 0 Å². The Morgan fingerprint density at radius 1 is 1.15 bits per heavy atom. The van der Waals surface area contributed by atoms with E-state index < -0.39 is 5.91 Å². The van der Waals surface area contributed by atoms with Crippen LogP contribution in [0, 0.1) is 5.82 Å². The third-order valence-corrected chi connectivity index (χ3v) is 4.37. The van der Waals surface area contributed by atoms with Gasteiger partial charge in [0.25, 0.3) is 5.91 Å². The molecule has 6 nitrogen and oxygen atoms in total. The maximum Gasteiger partial charge on any atom is 0.261 e. The molecular weight excluding hydrogens is 369 g/mol. The second-order valence-corrected chi connectivity index (χ2v) is 6.51. The van der Waals surface area contributed by atoms with Gasteiger partial charge in [-0.3, -0.25) is 14.9 Å². The van der Waals surface area contributed by atoms with E-state index in [0.717, 1.165) is 5.56 Å². The molecule has 0 radical (unpaired) electrons. The first-order valence-electron chi connectivity index (χ1n) is 8.01. The number of benzene rings is 2. The van der Waals surface area contributed by atoms with Gasteiger partial charge in [0.15, 0.2) is 5.13 Å². The zero-order chi connectivity index (χ0) is 19.2. The summed E-state index contributed by atoms with van der Waals surface area (Å²) in [6, 6.07) is 12.7. The molecule has 0 aliphatic heterocycles. The van der Waals surface area contributed by atoms with Crippen LogP contribution in [-0.4, -0.2) is 16.8 Å². The maximum atomic E-state index is 13.0. The largest absolute Gasteiger partial charge is 0.488 e. The molecule has 0 aliphatic carbocycles. The number of carbonyl (C=O) groups is 2. The molecular formula is C19H16FN3O3S. The Kier molecular flexibility index (Phi) is 5.77. The Morgan fingerprint density at radius 2 is 1.89 bits per heavy atom. The summed E-state index contributed by atoms with van der Waals surface area (Å²) in [5.41, 5.74) is 6.76. The fourth-order valence-corrected chi connectivity index (χ4v) is 3.02. The predicted octanol–water partition coefficient (Wildman–Crippen LogP) is 3.14. The molecule has 3 N–H and O–H groups in total. The van der Waals surface area contributed by atoms with Crippen LogP contribution >= 0.6 is 11.3 Å². The molecule has 8 heteroatoms. The highest BCUT2D eigenvalue weighted by Crippen LogP contribution is 2.22.